The first-order valence-electron chi connectivity index (χ1n) is 12.3. The van der Waals surface area contributed by atoms with E-state index in [9.17, 15) is 24.0 Å². The number of ether oxygens (including phenoxy) is 5. The standard InChI is InChI=1S/2C2H3ClO2.3C2H5NO2.10C2H5P.4CH3.3H2N.10V.5W/c5*1-5-2(3)4;10*1-3-2;;;;;;;;;;;;;;;;;;;;;;/h2*1H3;3*1H3,(H2,3,4);10*3H,1-2H2;4*1H3;3*1H2;;;;;;;;;;;;;;;/q;;;;;10*-2;7*-1;15*+2/p-3. The topological polar surface area (TPSA) is 303 Å². The zero-order valence-electron chi connectivity index (χ0n) is 45.2. The smallest absolute Gasteiger partial charge is 0.693 e. The molecule has 0 aromatic heterocycles. The third-order valence-electron chi connectivity index (χ3n) is 0.877. The van der Waals surface area contributed by atoms with Crippen LogP contribution in [0.5, 0.6) is 0 Å². The Hall–Kier alpha value is 10.8. The van der Waals surface area contributed by atoms with Crippen molar-refractivity contribution in [2.45, 2.75) is 0 Å². The molecule has 0 saturated carbocycles. The zero-order valence-corrected chi connectivity index (χ0v) is 85.4. The van der Waals surface area contributed by atoms with Gasteiger partial charge in [0, 0.05) is 23.2 Å². The second-order valence-electron chi connectivity index (χ2n) is 4.86. The fourth-order valence-electron chi connectivity index (χ4n) is 0. The van der Waals surface area contributed by atoms with E-state index >= 15 is 0 Å². The predicted molar refractivity (Wildman–Crippen MR) is 318 cm³/mol. The second kappa shape index (κ2) is 384. The van der Waals surface area contributed by atoms with Crippen molar-refractivity contribution in [3.63, 3.8) is 0 Å². The molecule has 0 spiro atoms. The summed E-state index contributed by atoms with van der Waals surface area (Å²) in [7, 11) is 11.8. The molecule has 10 radical (unpaired) electrons. The van der Waals surface area contributed by atoms with Crippen molar-refractivity contribution in [3.8, 4) is 0 Å². The minimum atomic E-state index is -0.995. The van der Waals surface area contributed by atoms with E-state index in [1.165, 1.54) is 14.2 Å². The minimum Gasteiger partial charge on any atom is -0.693 e. The molecule has 9 N–H and O–H groups in total. The van der Waals surface area contributed by atoms with E-state index in [0.717, 1.165) is 21.3 Å². The summed E-state index contributed by atoms with van der Waals surface area (Å²) in [6, 6.07) is 0. The van der Waals surface area contributed by atoms with Crippen molar-refractivity contribution >= 4 is 138 Å². The number of nitrogens with one attached hydrogen (secondary N) is 3. The first kappa shape index (κ1) is 256. The summed E-state index contributed by atoms with van der Waals surface area (Å²) >= 11 is 9.20. The van der Waals surface area contributed by atoms with Crippen LogP contribution in [0.3, 0.4) is 0 Å². The van der Waals surface area contributed by atoms with E-state index in [4.69, 9.17) is 17.2 Å². The molecule has 0 heterocycles. The normalized spacial score (nSPS) is 4.51. The largest absolute Gasteiger partial charge is 2.00 e. The van der Waals surface area contributed by atoms with Crippen LogP contribution in [-0.4, -0.2) is 64.7 Å². The molecule has 0 saturated heterocycles. The zero-order chi connectivity index (χ0) is 48.5. The SMILES string of the molecule is COC(=O)Cl.COC(=O)Cl.COC([NH-])=O.COC([NH-])=O.COC([NH-])=O.[CH2-]P[CH2-].[CH2-]P[CH2-].[CH2-]P[CH2-].[CH2-]P[CH2-].[CH2-]P[CH2-].[CH2-]P[CH2-].[CH2-]P[CH2-].[CH2-]P[CH2-].[CH2-]P[CH2-].[CH2-]P[CH2-].[CH3-].[CH3-].[CH3-].[CH3-].[NH2-].[NH2-].[NH2-].[V+2].[V+2].[V+2].[V+2].[V+2].[V+2].[V+2].[V+2].[V+2].[V+2].[W+2].[W+2].[W+2].[W+2].[W+2]. The van der Waals surface area contributed by atoms with E-state index in [2.05, 4.69) is 180 Å². The van der Waals surface area contributed by atoms with Crippen LogP contribution in [0, 0.1) is 163 Å². The van der Waals surface area contributed by atoms with Gasteiger partial charge in [0.15, 0.2) is 0 Å². The number of halogens is 2. The molecule has 3 amide bonds. The fraction of sp³-hybridized carbons (Fsp3) is 0.147. The van der Waals surface area contributed by atoms with Gasteiger partial charge in [-0.15, -0.1) is 0 Å². The maximum Gasteiger partial charge on any atom is 2.00 e. The van der Waals surface area contributed by atoms with Crippen LogP contribution in [0.25, 0.3) is 35.7 Å². The van der Waals surface area contributed by atoms with Gasteiger partial charge in [-0.1, -0.05) is 0 Å². The van der Waals surface area contributed by atoms with Crippen LogP contribution in [0.15, 0.2) is 0 Å². The molecule has 456 valence electrons. The van der Waals surface area contributed by atoms with E-state index in [0.29, 0.717) is 85.8 Å². The van der Waals surface area contributed by atoms with Crippen molar-refractivity contribution in [1.29, 1.82) is 0 Å². The number of amides is 3. The maximum absolute atomic E-state index is 9.36. The minimum absolute atomic E-state index is 0. The molecule has 0 rings (SSSR count). The number of nitrogens with two attached hydrogens (primary N) is 3. The summed E-state index contributed by atoms with van der Waals surface area (Å²) in [5.74, 6) is 0. The van der Waals surface area contributed by atoms with Crippen LogP contribution in [-0.2, 0) is 315 Å². The Balaban J connectivity index is -0.00000000626. The quantitative estimate of drug-likeness (QED) is 0.0955. The Kier molecular flexibility index (Phi) is 1280. The van der Waals surface area contributed by atoms with E-state index < -0.39 is 29.1 Å². The summed E-state index contributed by atoms with van der Waals surface area (Å²) in [6.07, 6.45) is -2.99. The number of hydrogen-bond acceptors (Lipinski definition) is 10. The van der Waals surface area contributed by atoms with E-state index in [-0.39, 0.29) is 339 Å². The van der Waals surface area contributed by atoms with Gasteiger partial charge < -0.3 is 308 Å². The van der Waals surface area contributed by atoms with Crippen LogP contribution >= 0.6 is 109 Å². The monoisotopic (exact) mass is 2550 g/mol. The molecule has 0 aliphatic carbocycles. The number of rotatable bonds is 0. The third-order valence-corrected chi connectivity index (χ3v) is 1.19. The van der Waals surface area contributed by atoms with Gasteiger partial charge in [-0.25, -0.2) is 9.59 Å². The first-order valence-corrected chi connectivity index (χ1v) is 27.2. The molecule has 0 aromatic rings. The van der Waals surface area contributed by atoms with Crippen LogP contribution in [0.2, 0.25) is 0 Å². The summed E-state index contributed by atoms with van der Waals surface area (Å²) in [6.45, 7) is 68.1. The molecule has 0 bridgehead atoms. The summed E-state index contributed by atoms with van der Waals surface area (Å²) in [4.78, 5) is 46.5. The molecule has 0 aliphatic rings. The van der Waals surface area contributed by atoms with Gasteiger partial charge in [-0.05, 0) is 0 Å². The Labute approximate surface area is 699 Å². The van der Waals surface area contributed by atoms with Crippen molar-refractivity contribution in [1.82, 2.24) is 0 Å². The van der Waals surface area contributed by atoms with Crippen LogP contribution < -0.4 is 0 Å². The molecule has 0 atom stereocenters. The molecule has 0 aliphatic heterocycles. The summed E-state index contributed by atoms with van der Waals surface area (Å²) in [5, 5.41) is 0. The van der Waals surface area contributed by atoms with Crippen molar-refractivity contribution < 1.29 is 339 Å². The Morgan fingerprint density at radius 2 is 0.299 bits per heavy atom. The molecule has 16 nitrogen and oxygen atoms in total. The van der Waals surface area contributed by atoms with Crippen molar-refractivity contribution in [2.75, 3.05) is 35.5 Å². The van der Waals surface area contributed by atoms with Crippen LogP contribution in [0.1, 0.15) is 0 Å². The van der Waals surface area contributed by atoms with Gasteiger partial charge in [-0.3, -0.25) is 14.4 Å². The average Bonchev–Trinajstić information content (AvgIpc) is 3.09. The van der Waals surface area contributed by atoms with Gasteiger partial charge in [0.2, 0.25) is 18.3 Å². The molecular formula is C34H86Cl2N6O10P10V10W5. The molecular weight excluding hydrogens is 2460 g/mol. The Morgan fingerprint density at radius 1 is 0.273 bits per heavy atom. The van der Waals surface area contributed by atoms with Gasteiger partial charge in [0.05, 0.1) is 35.5 Å². The van der Waals surface area contributed by atoms with Crippen molar-refractivity contribution in [3.05, 3.63) is 199 Å². The average molecular weight is 2550 g/mol. The first-order chi connectivity index (χ1) is 25.5. The predicted octanol–water partition coefficient (Wildman–Crippen LogP) is 20.8. The van der Waals surface area contributed by atoms with Gasteiger partial charge >= 0.3 is 302 Å². The van der Waals surface area contributed by atoms with E-state index in [1.807, 2.05) is 0 Å². The van der Waals surface area contributed by atoms with E-state index in [1.54, 1.807) is 0 Å². The Morgan fingerprint density at radius 3 is 0.299 bits per heavy atom. The number of hydrogen-bond donors (Lipinski definition) is 0. The summed E-state index contributed by atoms with van der Waals surface area (Å²) < 4.78 is 19.1. The van der Waals surface area contributed by atoms with Gasteiger partial charge in [0.25, 0.3) is 0 Å². The molecule has 0 unspecified atom stereocenters. The molecule has 77 heavy (non-hydrogen) atoms. The Bertz CT molecular complexity index is 541. The number of carbonyl (C=O) groups is 5. The van der Waals surface area contributed by atoms with Crippen LogP contribution in [0.4, 0.5) is 24.0 Å². The van der Waals surface area contributed by atoms with Gasteiger partial charge in [0.1, 0.15) is 0 Å². The second-order valence-corrected chi connectivity index (χ2v) is 10.5. The molecule has 0 aromatic carbocycles. The van der Waals surface area contributed by atoms with Gasteiger partial charge in [-0.2, -0.15) is 0 Å². The fourth-order valence-corrected chi connectivity index (χ4v) is 0. The number of carbonyl (C=O) groups excluding carboxylic acids is 5. The van der Waals surface area contributed by atoms with Crippen molar-refractivity contribution in [2.24, 2.45) is 0 Å². The number of methoxy groups -OCH3 is 5. The summed E-state index contributed by atoms with van der Waals surface area (Å²) in [5.41, 5.74) is 16.3. The third kappa shape index (κ3) is 1440. The molecule has 0 fully saturated rings. The molecule has 43 heteroatoms. The maximum atomic E-state index is 9.36.